The summed E-state index contributed by atoms with van der Waals surface area (Å²) in [7, 11) is 0. The lowest BCUT2D eigenvalue weighted by Crippen LogP contribution is -2.06. The second kappa shape index (κ2) is 8.53. The lowest BCUT2D eigenvalue weighted by molar-refractivity contribution is 0.0674. The first kappa shape index (κ1) is 20.5. The molecule has 0 radical (unpaired) electrons. The first-order valence-electron chi connectivity index (χ1n) is 6.60. The molecule has 10 nitrogen and oxygen atoms in total. The number of pyridine rings is 2. The molecule has 0 fully saturated rings. The minimum absolute atomic E-state index is 0.0116. The highest BCUT2D eigenvalue weighted by atomic mass is 35.5. The largest absolute Gasteiger partial charge is 0.478 e. The van der Waals surface area contributed by atoms with Crippen molar-refractivity contribution >= 4 is 35.5 Å². The van der Waals surface area contributed by atoms with E-state index in [-0.39, 0.29) is 27.5 Å². The topological polar surface area (TPSA) is 175 Å². The molecule has 0 aliphatic carbocycles. The van der Waals surface area contributed by atoms with Crippen molar-refractivity contribution in [2.24, 2.45) is 0 Å². The summed E-state index contributed by atoms with van der Waals surface area (Å²) in [6.45, 7) is 1.50. The highest BCUT2D eigenvalue weighted by Crippen LogP contribution is 2.15. The Morgan fingerprint density at radius 1 is 0.769 bits per heavy atom. The van der Waals surface area contributed by atoms with E-state index < -0.39 is 23.9 Å². The van der Waals surface area contributed by atoms with Crippen LogP contribution in [0.1, 0.15) is 47.3 Å². The molecule has 0 aromatic carbocycles. The molecule has 4 N–H and O–H groups in total. The Morgan fingerprint density at radius 3 is 1.54 bits per heavy atom. The molecule has 2 aromatic heterocycles. The van der Waals surface area contributed by atoms with Crippen LogP contribution in [-0.4, -0.2) is 54.3 Å². The molecule has 2 aromatic rings. The molecule has 136 valence electrons. The number of carboxylic acid groups (broad SMARTS) is 4. The van der Waals surface area contributed by atoms with Crippen molar-refractivity contribution in [2.45, 2.75) is 6.92 Å². The Hall–Kier alpha value is -3.53. The van der Waals surface area contributed by atoms with Crippen LogP contribution in [0.25, 0.3) is 0 Å². The van der Waals surface area contributed by atoms with Crippen molar-refractivity contribution in [2.75, 3.05) is 0 Å². The van der Waals surface area contributed by atoms with Gasteiger partial charge in [-0.3, -0.25) is 0 Å². The average Bonchev–Trinajstić information content (AvgIpc) is 2.54. The van der Waals surface area contributed by atoms with Crippen molar-refractivity contribution in [3.8, 4) is 0 Å². The Labute approximate surface area is 150 Å². The maximum Gasteiger partial charge on any atom is 0.356 e. The van der Waals surface area contributed by atoms with Gasteiger partial charge in [0, 0.05) is 12.4 Å². The molecule has 11 heteroatoms. The second-order valence-electron chi connectivity index (χ2n) is 4.66. The SMILES string of the molecule is Cc1cc(C(=O)O)cnc1C(=O)O.O=C(O)c1cnc(C(=O)O)c(Cl)c1. The maximum absolute atomic E-state index is 10.5. The molecule has 0 spiro atoms. The molecule has 0 saturated heterocycles. The van der Waals surface area contributed by atoms with Gasteiger partial charge in [-0.1, -0.05) is 11.6 Å². The molecule has 0 saturated carbocycles. The summed E-state index contributed by atoms with van der Waals surface area (Å²) >= 11 is 5.46. The van der Waals surface area contributed by atoms with Crippen molar-refractivity contribution in [1.29, 1.82) is 0 Å². The number of halogens is 1. The number of aromatic nitrogens is 2. The van der Waals surface area contributed by atoms with Gasteiger partial charge >= 0.3 is 23.9 Å². The van der Waals surface area contributed by atoms with E-state index in [0.29, 0.717) is 5.56 Å². The van der Waals surface area contributed by atoms with Crippen molar-refractivity contribution in [3.05, 3.63) is 57.6 Å². The number of rotatable bonds is 4. The van der Waals surface area contributed by atoms with E-state index in [4.69, 9.17) is 32.0 Å². The van der Waals surface area contributed by atoms with Gasteiger partial charge in [0.05, 0.1) is 16.1 Å². The first-order chi connectivity index (χ1) is 12.0. The molecule has 0 aliphatic rings. The van der Waals surface area contributed by atoms with Crippen molar-refractivity contribution in [1.82, 2.24) is 9.97 Å². The molecule has 0 bridgehead atoms. The fourth-order valence-electron chi connectivity index (χ4n) is 1.63. The summed E-state index contributed by atoms with van der Waals surface area (Å²) in [6.07, 6.45) is 1.97. The van der Waals surface area contributed by atoms with Gasteiger partial charge in [-0.25, -0.2) is 29.1 Å². The van der Waals surface area contributed by atoms with Crippen LogP contribution in [0, 0.1) is 6.92 Å². The van der Waals surface area contributed by atoms with Gasteiger partial charge in [0.15, 0.2) is 11.4 Å². The zero-order valence-electron chi connectivity index (χ0n) is 13.0. The van der Waals surface area contributed by atoms with Gasteiger partial charge in [0.25, 0.3) is 0 Å². The van der Waals surface area contributed by atoms with Crippen LogP contribution in [0.5, 0.6) is 0 Å². The molecule has 26 heavy (non-hydrogen) atoms. The minimum Gasteiger partial charge on any atom is -0.478 e. The van der Waals surface area contributed by atoms with Crippen molar-refractivity contribution < 1.29 is 39.6 Å². The maximum atomic E-state index is 10.5. The zero-order chi connectivity index (χ0) is 20.0. The summed E-state index contributed by atoms with van der Waals surface area (Å²) in [4.78, 5) is 48.6. The number of hydrogen-bond acceptors (Lipinski definition) is 6. The Morgan fingerprint density at radius 2 is 1.19 bits per heavy atom. The normalized spacial score (nSPS) is 9.62. The fraction of sp³-hybridized carbons (Fsp3) is 0.0667. The standard InChI is InChI=1S/C8H7NO4.C7H4ClNO4/c1-4-2-5(7(10)11)3-9-6(4)8(12)13;8-4-1-3(6(10)11)2-9-5(4)7(12)13/h2-3H,1H3,(H,10,11)(H,12,13);1-2H,(H,10,11)(H,12,13). The predicted molar refractivity (Wildman–Crippen MR) is 86.1 cm³/mol. The van der Waals surface area contributed by atoms with Gasteiger partial charge in [-0.05, 0) is 24.6 Å². The number of carboxylic acids is 4. The van der Waals surface area contributed by atoms with E-state index in [1.807, 2.05) is 0 Å². The van der Waals surface area contributed by atoms with E-state index >= 15 is 0 Å². The number of nitrogens with zero attached hydrogens (tertiary/aromatic N) is 2. The summed E-state index contributed by atoms with van der Waals surface area (Å²) in [5, 5.41) is 33.9. The summed E-state index contributed by atoms with van der Waals surface area (Å²) in [6, 6.07) is 2.32. The van der Waals surface area contributed by atoms with E-state index in [2.05, 4.69) is 9.97 Å². The van der Waals surface area contributed by atoms with Crippen LogP contribution in [-0.2, 0) is 0 Å². The number of carbonyl (C=O) groups is 4. The molecule has 0 aliphatic heterocycles. The molecular weight excluding hydrogens is 372 g/mol. The quantitative estimate of drug-likeness (QED) is 0.610. The van der Waals surface area contributed by atoms with Gasteiger partial charge in [0.2, 0.25) is 0 Å². The van der Waals surface area contributed by atoms with Gasteiger partial charge in [-0.15, -0.1) is 0 Å². The van der Waals surface area contributed by atoms with E-state index in [9.17, 15) is 19.2 Å². The Kier molecular flexibility index (Phi) is 6.73. The van der Waals surface area contributed by atoms with Crippen LogP contribution in [0.4, 0.5) is 0 Å². The zero-order valence-corrected chi connectivity index (χ0v) is 13.8. The molecule has 0 unspecified atom stereocenters. The van der Waals surface area contributed by atoms with Crippen LogP contribution in [0.2, 0.25) is 5.02 Å². The monoisotopic (exact) mass is 382 g/mol. The Bertz CT molecular complexity index is 824. The third kappa shape index (κ3) is 5.24. The Balaban J connectivity index is 0.000000260. The summed E-state index contributed by atoms with van der Waals surface area (Å²) in [5.74, 6) is -4.77. The molecule has 2 rings (SSSR count). The summed E-state index contributed by atoms with van der Waals surface area (Å²) in [5.41, 5.74) is -0.290. The fourth-order valence-corrected chi connectivity index (χ4v) is 1.88. The highest BCUT2D eigenvalue weighted by Gasteiger charge is 2.13. The number of aromatic carboxylic acids is 4. The van der Waals surface area contributed by atoms with E-state index in [0.717, 1.165) is 18.5 Å². The average molecular weight is 383 g/mol. The first-order valence-corrected chi connectivity index (χ1v) is 6.97. The van der Waals surface area contributed by atoms with Crippen LogP contribution in [0.15, 0.2) is 24.5 Å². The van der Waals surface area contributed by atoms with Crippen LogP contribution in [0.3, 0.4) is 0 Å². The van der Waals surface area contributed by atoms with Gasteiger partial charge in [-0.2, -0.15) is 0 Å². The third-order valence-corrected chi connectivity index (χ3v) is 3.11. The second-order valence-corrected chi connectivity index (χ2v) is 5.07. The summed E-state index contributed by atoms with van der Waals surface area (Å²) < 4.78 is 0. The van der Waals surface area contributed by atoms with E-state index in [1.165, 1.54) is 13.0 Å². The molecule has 2 heterocycles. The molecular formula is C15H11ClN2O8. The molecule has 0 atom stereocenters. The number of aryl methyl sites for hydroxylation is 1. The minimum atomic E-state index is -1.29. The van der Waals surface area contributed by atoms with Crippen LogP contribution < -0.4 is 0 Å². The molecule has 0 amide bonds. The van der Waals surface area contributed by atoms with E-state index in [1.54, 1.807) is 0 Å². The van der Waals surface area contributed by atoms with Crippen molar-refractivity contribution in [3.63, 3.8) is 0 Å². The van der Waals surface area contributed by atoms with Gasteiger partial charge < -0.3 is 20.4 Å². The lowest BCUT2D eigenvalue weighted by Gasteiger charge is -1.99. The smallest absolute Gasteiger partial charge is 0.356 e. The number of hydrogen-bond donors (Lipinski definition) is 4. The van der Waals surface area contributed by atoms with Crippen LogP contribution >= 0.6 is 11.6 Å². The third-order valence-electron chi connectivity index (χ3n) is 2.82. The predicted octanol–water partition coefficient (Wildman–Crippen LogP) is 1.92. The highest BCUT2D eigenvalue weighted by molar-refractivity contribution is 6.33. The van der Waals surface area contributed by atoms with Gasteiger partial charge in [0.1, 0.15) is 0 Å². The lowest BCUT2D eigenvalue weighted by atomic mass is 10.1.